The molecule has 0 bridgehead atoms. The van der Waals surface area contributed by atoms with Crippen LogP contribution in [0, 0.1) is 0 Å². The van der Waals surface area contributed by atoms with E-state index in [2.05, 4.69) is 83.9 Å². The van der Waals surface area contributed by atoms with Crippen LogP contribution in [0.2, 0.25) is 0 Å². The topological polar surface area (TPSA) is 265 Å². The van der Waals surface area contributed by atoms with Crippen LogP contribution in [0.3, 0.4) is 0 Å². The summed E-state index contributed by atoms with van der Waals surface area (Å²) in [5.41, 5.74) is 4.58. The Morgan fingerprint density at radius 3 is 1.71 bits per heavy atom. The molecule has 7 atom stereocenters. The number of carbonyl (C=O) groups excluding carboxylic acids is 2. The first-order valence-corrected chi connectivity index (χ1v) is 28.9. The third-order valence-electron chi connectivity index (χ3n) is 11.3. The molecule has 2 heterocycles. The zero-order valence-electron chi connectivity index (χ0n) is 42.7. The summed E-state index contributed by atoms with van der Waals surface area (Å²) >= 11 is 0. The lowest BCUT2D eigenvalue weighted by Crippen LogP contribution is -2.36. The summed E-state index contributed by atoms with van der Waals surface area (Å²) in [4.78, 5) is 61.9. The maximum atomic E-state index is 12.9. The van der Waals surface area contributed by atoms with Gasteiger partial charge in [-0.05, 0) is 89.5 Å². The maximum Gasteiger partial charge on any atom is 0.481 e. The van der Waals surface area contributed by atoms with Crippen molar-refractivity contribution in [2.24, 2.45) is 0 Å². The monoisotopic (exact) mass is 1050 g/mol. The molecule has 18 nitrogen and oxygen atoms in total. The average molecular weight is 1050 g/mol. The van der Waals surface area contributed by atoms with Gasteiger partial charge in [-0.15, -0.1) is 0 Å². The molecule has 1 aromatic heterocycles. The van der Waals surface area contributed by atoms with Gasteiger partial charge in [-0.3, -0.25) is 23.2 Å². The van der Waals surface area contributed by atoms with Crippen molar-refractivity contribution in [3.05, 3.63) is 95.7 Å². The fraction of sp³-hybridized carbons (Fsp3) is 0.654. The van der Waals surface area contributed by atoms with Crippen molar-refractivity contribution < 1.29 is 66.3 Å². The number of nitrogens with two attached hydrogens (primary N) is 1. The summed E-state index contributed by atoms with van der Waals surface area (Å²) in [7, 11) is -10.9. The molecule has 1 aliphatic rings. The molecule has 72 heavy (non-hydrogen) atoms. The van der Waals surface area contributed by atoms with E-state index in [1.54, 1.807) is 0 Å². The molecule has 20 heteroatoms. The Morgan fingerprint density at radius 1 is 0.667 bits per heavy atom. The van der Waals surface area contributed by atoms with Gasteiger partial charge in [-0.25, -0.2) is 13.9 Å². The molecule has 2 rings (SSSR count). The number of hydrogen-bond donors (Lipinski definition) is 5. The van der Waals surface area contributed by atoms with Crippen LogP contribution in [0.4, 0.5) is 5.82 Å². The molecule has 0 saturated carbocycles. The Kier molecular flexibility index (Phi) is 35.4. The molecule has 0 aliphatic carbocycles. The number of phosphoric ester groups is 2. The summed E-state index contributed by atoms with van der Waals surface area (Å²) in [6.07, 6.45) is 41.3. The first kappa shape index (κ1) is 64.3. The predicted molar refractivity (Wildman–Crippen MR) is 279 cm³/mol. The number of rotatable bonds is 42. The van der Waals surface area contributed by atoms with Crippen LogP contribution >= 0.6 is 15.6 Å². The number of nitrogen functional groups attached to an aromatic ring is 1. The minimum absolute atomic E-state index is 0.0299. The third kappa shape index (κ3) is 31.7. The molecular weight excluding hydrogens is 969 g/mol. The van der Waals surface area contributed by atoms with Gasteiger partial charge in [-0.2, -0.15) is 9.29 Å². The molecule has 1 aromatic rings. The first-order valence-electron chi connectivity index (χ1n) is 25.9. The highest BCUT2D eigenvalue weighted by atomic mass is 31.3. The highest BCUT2D eigenvalue weighted by molar-refractivity contribution is 7.61. The largest absolute Gasteiger partial charge is 0.481 e. The van der Waals surface area contributed by atoms with Crippen molar-refractivity contribution in [1.29, 1.82) is 0 Å². The molecule has 0 aromatic carbocycles. The number of aliphatic hydroxyl groups excluding tert-OH is 2. The Balaban J connectivity index is 1.83. The predicted octanol–water partition coefficient (Wildman–Crippen LogP) is 10.9. The Hall–Kier alpha value is -3.80. The molecule has 0 radical (unpaired) electrons. The van der Waals surface area contributed by atoms with E-state index in [0.717, 1.165) is 75.0 Å². The van der Waals surface area contributed by atoms with Crippen LogP contribution in [0.25, 0.3) is 0 Å². The summed E-state index contributed by atoms with van der Waals surface area (Å²) in [6.45, 7) is 2.05. The quantitative estimate of drug-likeness (QED) is 0.0176. The number of allylic oxidation sites excluding steroid dienone is 12. The van der Waals surface area contributed by atoms with Crippen LogP contribution in [-0.4, -0.2) is 85.7 Å². The molecule has 1 saturated heterocycles. The Labute approximate surface area is 427 Å². The fourth-order valence-electron chi connectivity index (χ4n) is 7.22. The standard InChI is InChI=1S/C52H85N3O15P2/c1-3-5-7-9-11-13-15-17-19-21-23-25-27-29-31-33-35-37-47(56)65-41-44(68-48(57)38-36-34-32-30-28-26-24-22-20-18-16-14-12-10-8-6-4-2)42-66-71(61,62)70-72(63,64)67-43-45-49(58)50(59)51(69-45)55-40-39-46(53)54-52(55)60/h11,13,17-20,23-26,30,32,39-40,44-45,49-51,58-59H,3-10,12,14-16,21-22,27-29,31,33-38,41-43H2,1-2H3,(H,61,62)(H,63,64)(H2,53,54,60)/b13-11-,19-17-,20-18-,25-23-,26-24-,32-30-/t44-,45-,49+,50?,51-/m1/s1. The zero-order chi connectivity index (χ0) is 52.7. The number of nitrogens with zero attached hydrogens (tertiary/aromatic N) is 2. The number of anilines is 1. The van der Waals surface area contributed by atoms with Gasteiger partial charge in [0, 0.05) is 19.0 Å². The minimum Gasteiger partial charge on any atom is -0.462 e. The van der Waals surface area contributed by atoms with Gasteiger partial charge in [0.05, 0.1) is 13.2 Å². The minimum atomic E-state index is -5.44. The van der Waals surface area contributed by atoms with Gasteiger partial charge >= 0.3 is 33.3 Å². The van der Waals surface area contributed by atoms with E-state index >= 15 is 0 Å². The molecule has 0 spiro atoms. The van der Waals surface area contributed by atoms with Gasteiger partial charge in [0.25, 0.3) is 0 Å². The Bertz CT molecular complexity index is 1990. The van der Waals surface area contributed by atoms with Crippen LogP contribution in [-0.2, 0) is 46.3 Å². The molecule has 1 aliphatic heterocycles. The first-order chi connectivity index (χ1) is 34.7. The van der Waals surface area contributed by atoms with Crippen molar-refractivity contribution in [1.82, 2.24) is 9.55 Å². The highest BCUT2D eigenvalue weighted by Gasteiger charge is 2.46. The van der Waals surface area contributed by atoms with Gasteiger partial charge < -0.3 is 39.9 Å². The normalized spacial score (nSPS) is 19.6. The number of hydrogen-bond acceptors (Lipinski definition) is 15. The van der Waals surface area contributed by atoms with E-state index in [9.17, 15) is 43.5 Å². The molecular formula is C52H85N3O15P2. The van der Waals surface area contributed by atoms with E-state index in [4.69, 9.17) is 29.0 Å². The Morgan fingerprint density at radius 2 is 1.14 bits per heavy atom. The molecule has 3 unspecified atom stereocenters. The lowest BCUT2D eigenvalue weighted by molar-refractivity contribution is -0.161. The smallest absolute Gasteiger partial charge is 0.462 e. The second kappa shape index (κ2) is 39.6. The SMILES string of the molecule is CCCCC/C=C\C/C=C\C/C=C\CCCCCCC(=O)OC[C@H](COP(=O)(O)OP(=O)(O)OC[C@H]1O[C@@H](n2ccc(N)nc2=O)C(O)[C@H]1O)OC(=O)CCC/C=C\C/C=C\C/C=C\CCCCCCCC. The number of esters is 2. The van der Waals surface area contributed by atoms with Gasteiger partial charge in [0.1, 0.15) is 30.7 Å². The number of ether oxygens (including phenoxy) is 3. The molecule has 6 N–H and O–H groups in total. The van der Waals surface area contributed by atoms with E-state index < -0.39 is 83.7 Å². The second-order valence-electron chi connectivity index (χ2n) is 17.7. The highest BCUT2D eigenvalue weighted by Crippen LogP contribution is 2.60. The van der Waals surface area contributed by atoms with Crippen molar-refractivity contribution >= 4 is 33.4 Å². The molecule has 0 amide bonds. The van der Waals surface area contributed by atoms with E-state index in [-0.39, 0.29) is 18.7 Å². The van der Waals surface area contributed by atoms with E-state index in [1.807, 2.05) is 12.2 Å². The maximum absolute atomic E-state index is 12.9. The summed E-state index contributed by atoms with van der Waals surface area (Å²) in [6, 6.07) is 1.24. The van der Waals surface area contributed by atoms with Crippen molar-refractivity contribution in [2.45, 2.75) is 199 Å². The van der Waals surface area contributed by atoms with Crippen LogP contribution in [0.15, 0.2) is 90.0 Å². The second-order valence-corrected chi connectivity index (χ2v) is 20.7. The van der Waals surface area contributed by atoms with Crippen LogP contribution in [0.5, 0.6) is 0 Å². The van der Waals surface area contributed by atoms with Crippen molar-refractivity contribution in [2.75, 3.05) is 25.6 Å². The zero-order valence-corrected chi connectivity index (χ0v) is 44.5. The van der Waals surface area contributed by atoms with Crippen molar-refractivity contribution in [3.8, 4) is 0 Å². The number of unbranched alkanes of at least 4 members (excludes halogenated alkanes) is 14. The van der Waals surface area contributed by atoms with E-state index in [1.165, 1.54) is 63.9 Å². The lowest BCUT2D eigenvalue weighted by Gasteiger charge is -2.21. The number of phosphoric acid groups is 2. The van der Waals surface area contributed by atoms with Crippen molar-refractivity contribution in [3.63, 3.8) is 0 Å². The molecule has 408 valence electrons. The number of carbonyl (C=O) groups is 2. The van der Waals surface area contributed by atoms with Gasteiger partial charge in [0.2, 0.25) is 0 Å². The van der Waals surface area contributed by atoms with Crippen LogP contribution in [0.1, 0.15) is 174 Å². The lowest BCUT2D eigenvalue weighted by atomic mass is 10.1. The molecule has 1 fully saturated rings. The summed E-state index contributed by atoms with van der Waals surface area (Å²) in [5.74, 6) is -1.39. The summed E-state index contributed by atoms with van der Waals surface area (Å²) in [5, 5.41) is 20.9. The number of aromatic nitrogens is 2. The third-order valence-corrected chi connectivity index (χ3v) is 13.9. The van der Waals surface area contributed by atoms with Gasteiger partial charge in [0.15, 0.2) is 12.3 Å². The average Bonchev–Trinajstić information content (AvgIpc) is 3.62. The van der Waals surface area contributed by atoms with Crippen LogP contribution < -0.4 is 11.4 Å². The van der Waals surface area contributed by atoms with E-state index in [0.29, 0.717) is 19.3 Å². The van der Waals surface area contributed by atoms with Gasteiger partial charge in [-0.1, -0.05) is 145 Å². The fourth-order valence-corrected chi connectivity index (χ4v) is 9.33. The number of aliphatic hydroxyl groups is 2. The summed E-state index contributed by atoms with van der Waals surface area (Å²) < 4.78 is 56.7.